The number of carbonyl (C=O) groups is 1. The number of halogens is 3. The van der Waals surface area contributed by atoms with E-state index in [9.17, 15) is 9.18 Å². The van der Waals surface area contributed by atoms with Crippen LogP contribution in [0.5, 0.6) is 0 Å². The molecule has 1 aromatic carbocycles. The van der Waals surface area contributed by atoms with Gasteiger partial charge >= 0.3 is 0 Å². The third kappa shape index (κ3) is 4.06. The van der Waals surface area contributed by atoms with E-state index in [4.69, 9.17) is 11.6 Å². The molecule has 0 aliphatic heterocycles. The van der Waals surface area contributed by atoms with E-state index >= 15 is 0 Å². The first-order chi connectivity index (χ1) is 12.8. The Morgan fingerprint density at radius 1 is 1.33 bits per heavy atom. The van der Waals surface area contributed by atoms with Crippen molar-refractivity contribution < 1.29 is 9.18 Å². The Bertz CT molecular complexity index is 1000. The summed E-state index contributed by atoms with van der Waals surface area (Å²) in [6, 6.07) is 5.88. The summed E-state index contributed by atoms with van der Waals surface area (Å²) in [6.45, 7) is 5.69. The zero-order chi connectivity index (χ0) is 19.7. The van der Waals surface area contributed by atoms with Gasteiger partial charge in [-0.25, -0.2) is 4.39 Å². The number of benzene rings is 1. The van der Waals surface area contributed by atoms with E-state index in [1.807, 2.05) is 13.8 Å². The van der Waals surface area contributed by atoms with Crippen LogP contribution in [0.25, 0.3) is 0 Å². The number of amides is 1. The molecule has 3 rings (SSSR count). The fourth-order valence-corrected chi connectivity index (χ4v) is 3.17. The number of hydrogen-bond donors (Lipinski definition) is 1. The van der Waals surface area contributed by atoms with Gasteiger partial charge in [0.1, 0.15) is 16.9 Å². The molecule has 2 aromatic heterocycles. The lowest BCUT2D eigenvalue weighted by Crippen LogP contribution is -2.25. The van der Waals surface area contributed by atoms with Crippen LogP contribution in [0.4, 0.5) is 10.2 Å². The number of nitrogens with one attached hydrogen (secondary N) is 1. The number of nitrogens with zero attached hydrogens (tertiary/aromatic N) is 4. The summed E-state index contributed by atoms with van der Waals surface area (Å²) in [7, 11) is 0. The summed E-state index contributed by atoms with van der Waals surface area (Å²) in [5, 5.41) is 11.6. The molecule has 9 heteroatoms. The van der Waals surface area contributed by atoms with Crippen molar-refractivity contribution in [1.82, 2.24) is 19.6 Å². The molecule has 0 bridgehead atoms. The number of rotatable bonds is 5. The second kappa shape index (κ2) is 7.82. The Morgan fingerprint density at radius 2 is 2.04 bits per heavy atom. The Hall–Kier alpha value is -2.19. The van der Waals surface area contributed by atoms with Gasteiger partial charge in [-0.05, 0) is 42.8 Å². The number of hydrogen-bond acceptors (Lipinski definition) is 3. The van der Waals surface area contributed by atoms with Crippen molar-refractivity contribution in [3.8, 4) is 0 Å². The van der Waals surface area contributed by atoms with E-state index in [0.717, 1.165) is 15.9 Å². The van der Waals surface area contributed by atoms with Gasteiger partial charge in [-0.15, -0.1) is 0 Å². The zero-order valence-corrected chi connectivity index (χ0v) is 17.3. The minimum absolute atomic E-state index is 0.211. The number of carbonyl (C=O) groups excluding carboxylic acids is 1. The molecule has 0 fully saturated rings. The Morgan fingerprint density at radius 3 is 2.67 bits per heavy atom. The predicted molar refractivity (Wildman–Crippen MR) is 105 cm³/mol. The van der Waals surface area contributed by atoms with E-state index in [1.165, 1.54) is 10.7 Å². The van der Waals surface area contributed by atoms with Crippen LogP contribution in [0.1, 0.15) is 29.9 Å². The van der Waals surface area contributed by atoms with Gasteiger partial charge in [-0.1, -0.05) is 29.8 Å². The highest BCUT2D eigenvalue weighted by molar-refractivity contribution is 9.10. The molecule has 1 N–H and O–H groups in total. The molecular weight excluding hydrogens is 437 g/mol. The predicted octanol–water partition coefficient (Wildman–Crippen LogP) is 4.50. The lowest BCUT2D eigenvalue weighted by molar-refractivity contribution is -0.119. The van der Waals surface area contributed by atoms with Crippen LogP contribution < -0.4 is 5.32 Å². The van der Waals surface area contributed by atoms with E-state index in [-0.39, 0.29) is 29.1 Å². The summed E-state index contributed by atoms with van der Waals surface area (Å²) < 4.78 is 17.8. The van der Waals surface area contributed by atoms with Gasteiger partial charge in [-0.2, -0.15) is 10.2 Å². The first-order valence-corrected chi connectivity index (χ1v) is 9.43. The van der Waals surface area contributed by atoms with Crippen molar-refractivity contribution in [2.45, 2.75) is 33.4 Å². The van der Waals surface area contributed by atoms with Crippen LogP contribution in [0.15, 0.2) is 34.9 Å². The zero-order valence-electron chi connectivity index (χ0n) is 15.0. The van der Waals surface area contributed by atoms with E-state index in [0.29, 0.717) is 5.56 Å². The van der Waals surface area contributed by atoms with Gasteiger partial charge in [0, 0.05) is 11.8 Å². The van der Waals surface area contributed by atoms with Gasteiger partial charge in [0.2, 0.25) is 5.91 Å². The third-order valence-electron chi connectivity index (χ3n) is 4.23. The van der Waals surface area contributed by atoms with Gasteiger partial charge in [0.05, 0.1) is 22.4 Å². The molecule has 6 nitrogen and oxygen atoms in total. The second-order valence-corrected chi connectivity index (χ2v) is 7.41. The molecule has 0 spiro atoms. The Balaban J connectivity index is 1.75. The summed E-state index contributed by atoms with van der Waals surface area (Å²) in [5.41, 5.74) is 2.14. The normalized spacial score (nSPS) is 12.2. The quantitative estimate of drug-likeness (QED) is 0.617. The first kappa shape index (κ1) is 19.6. The van der Waals surface area contributed by atoms with Gasteiger partial charge in [0.25, 0.3) is 0 Å². The molecule has 2 heterocycles. The number of aryl methyl sites for hydroxylation is 1. The molecule has 0 saturated heterocycles. The largest absolute Gasteiger partial charge is 0.306 e. The van der Waals surface area contributed by atoms with Crippen molar-refractivity contribution in [3.05, 3.63) is 62.7 Å². The Kier molecular flexibility index (Phi) is 5.67. The molecule has 0 radical (unpaired) electrons. The summed E-state index contributed by atoms with van der Waals surface area (Å²) in [4.78, 5) is 12.6. The Labute approximate surface area is 169 Å². The first-order valence-electron chi connectivity index (χ1n) is 8.26. The topological polar surface area (TPSA) is 64.7 Å². The highest BCUT2D eigenvalue weighted by Gasteiger charge is 2.22. The van der Waals surface area contributed by atoms with E-state index < -0.39 is 6.04 Å². The van der Waals surface area contributed by atoms with Crippen molar-refractivity contribution >= 4 is 39.3 Å². The summed E-state index contributed by atoms with van der Waals surface area (Å²) in [6.07, 6.45) is 1.55. The third-order valence-corrected chi connectivity index (χ3v) is 5.66. The fourth-order valence-electron chi connectivity index (χ4n) is 2.72. The maximum atomic E-state index is 13.8. The lowest BCUT2D eigenvalue weighted by atomic mass is 10.2. The van der Waals surface area contributed by atoms with Crippen molar-refractivity contribution in [2.75, 3.05) is 5.32 Å². The fraction of sp³-hybridized carbons (Fsp3) is 0.278. The number of anilines is 1. The number of aromatic nitrogens is 4. The monoisotopic (exact) mass is 453 g/mol. The molecule has 3 aromatic rings. The minimum atomic E-state index is -0.553. The maximum Gasteiger partial charge on any atom is 0.250 e. The van der Waals surface area contributed by atoms with Crippen molar-refractivity contribution in [2.24, 2.45) is 0 Å². The van der Waals surface area contributed by atoms with E-state index in [2.05, 4.69) is 31.4 Å². The molecule has 1 atom stereocenters. The van der Waals surface area contributed by atoms with Crippen LogP contribution in [0.3, 0.4) is 0 Å². The molecule has 27 heavy (non-hydrogen) atoms. The minimum Gasteiger partial charge on any atom is -0.306 e. The van der Waals surface area contributed by atoms with Crippen LogP contribution in [0.2, 0.25) is 5.02 Å². The van der Waals surface area contributed by atoms with Crippen LogP contribution in [-0.4, -0.2) is 25.5 Å². The van der Waals surface area contributed by atoms with Crippen LogP contribution >= 0.6 is 27.5 Å². The molecule has 0 saturated carbocycles. The lowest BCUT2D eigenvalue weighted by Gasteiger charge is -2.13. The van der Waals surface area contributed by atoms with Crippen molar-refractivity contribution in [1.29, 1.82) is 0 Å². The maximum absolute atomic E-state index is 13.8. The van der Waals surface area contributed by atoms with Gasteiger partial charge in [-0.3, -0.25) is 14.2 Å². The molecule has 0 aliphatic carbocycles. The summed E-state index contributed by atoms with van der Waals surface area (Å²) in [5.74, 6) is -0.393. The van der Waals surface area contributed by atoms with Crippen LogP contribution in [0, 0.1) is 19.7 Å². The highest BCUT2D eigenvalue weighted by Crippen LogP contribution is 2.25. The average molecular weight is 455 g/mol. The summed E-state index contributed by atoms with van der Waals surface area (Å²) >= 11 is 9.64. The molecular formula is C18H18BrClFN5O. The SMILES string of the molecule is Cc1nn(C(C)C(=O)Nc2nn(Cc3ccccc3F)cc2Cl)c(C)c1Br. The second-order valence-electron chi connectivity index (χ2n) is 6.21. The molecule has 1 unspecified atom stereocenters. The van der Waals surface area contributed by atoms with Crippen molar-refractivity contribution in [3.63, 3.8) is 0 Å². The molecule has 0 aliphatic rings. The molecule has 142 valence electrons. The smallest absolute Gasteiger partial charge is 0.250 e. The van der Waals surface area contributed by atoms with Crippen LogP contribution in [-0.2, 0) is 11.3 Å². The molecule has 1 amide bonds. The standard InChI is InChI=1S/C18H18BrClFN5O/c1-10-16(19)11(2)26(23-10)12(3)18(27)22-17-14(20)9-25(24-17)8-13-6-4-5-7-15(13)21/h4-7,9,12H,8H2,1-3H3,(H,22,24,27). The average Bonchev–Trinajstić information content (AvgIpc) is 3.10. The highest BCUT2D eigenvalue weighted by atomic mass is 79.9. The van der Waals surface area contributed by atoms with E-state index in [1.54, 1.807) is 36.0 Å². The van der Waals surface area contributed by atoms with Gasteiger partial charge in [0.15, 0.2) is 5.82 Å². The van der Waals surface area contributed by atoms with Gasteiger partial charge < -0.3 is 5.32 Å².